The predicted octanol–water partition coefficient (Wildman–Crippen LogP) is 2.38. The predicted molar refractivity (Wildman–Crippen MR) is 103 cm³/mol. The fourth-order valence-corrected chi connectivity index (χ4v) is 2.72. The summed E-state index contributed by atoms with van der Waals surface area (Å²) in [6.07, 6.45) is 0.488. The molecule has 6 nitrogen and oxygen atoms in total. The van der Waals surface area contributed by atoms with Gasteiger partial charge in [0.25, 0.3) is 0 Å². The van der Waals surface area contributed by atoms with Crippen LogP contribution in [0.2, 0.25) is 0 Å². The second-order valence-corrected chi connectivity index (χ2v) is 5.73. The van der Waals surface area contributed by atoms with Gasteiger partial charge in [-0.15, -0.1) is 24.8 Å². The maximum atomic E-state index is 12.5. The topological polar surface area (TPSA) is 51.2 Å². The van der Waals surface area contributed by atoms with E-state index in [4.69, 9.17) is 14.2 Å². The summed E-state index contributed by atoms with van der Waals surface area (Å²) in [7, 11) is 6.78. The summed E-state index contributed by atoms with van der Waals surface area (Å²) >= 11 is 0. The maximum absolute atomic E-state index is 12.5. The quantitative estimate of drug-likeness (QED) is 0.661. The van der Waals surface area contributed by atoms with Crippen LogP contribution in [0.15, 0.2) is 12.1 Å². The van der Waals surface area contributed by atoms with Crippen LogP contribution in [0.5, 0.6) is 17.2 Å². The third kappa shape index (κ3) is 6.22. The third-order valence-electron chi connectivity index (χ3n) is 4.24. The third-order valence-corrected chi connectivity index (χ3v) is 4.24. The van der Waals surface area contributed by atoms with E-state index in [1.165, 1.54) is 0 Å². The zero-order valence-electron chi connectivity index (χ0n) is 15.2. The Morgan fingerprint density at radius 2 is 1.48 bits per heavy atom. The number of ketones is 1. The highest BCUT2D eigenvalue weighted by molar-refractivity contribution is 5.97. The molecule has 0 aliphatic carbocycles. The SMILES string of the molecule is COc1cc(C(=O)CCN2CCN(C)CC2)cc(OC)c1OC.Cl.Cl. The van der Waals surface area contributed by atoms with E-state index in [-0.39, 0.29) is 30.6 Å². The average molecular weight is 395 g/mol. The van der Waals surface area contributed by atoms with Crippen molar-refractivity contribution in [3.8, 4) is 17.2 Å². The summed E-state index contributed by atoms with van der Waals surface area (Å²) in [6.45, 7) is 4.91. The Morgan fingerprint density at radius 3 is 1.92 bits per heavy atom. The first-order valence-electron chi connectivity index (χ1n) is 7.83. The molecule has 0 aromatic heterocycles. The average Bonchev–Trinajstić information content (AvgIpc) is 2.59. The van der Waals surface area contributed by atoms with E-state index in [1.807, 2.05) is 0 Å². The number of Topliss-reactive ketones (excluding diaryl/α,β-unsaturated/α-hetero) is 1. The first-order valence-corrected chi connectivity index (χ1v) is 7.83. The van der Waals surface area contributed by atoms with Crippen LogP contribution in [0.3, 0.4) is 0 Å². The zero-order chi connectivity index (χ0) is 16.8. The number of hydrogen-bond donors (Lipinski definition) is 0. The van der Waals surface area contributed by atoms with E-state index < -0.39 is 0 Å². The van der Waals surface area contributed by atoms with Gasteiger partial charge in [0.15, 0.2) is 17.3 Å². The lowest BCUT2D eigenvalue weighted by Crippen LogP contribution is -2.45. The van der Waals surface area contributed by atoms with E-state index in [9.17, 15) is 4.79 Å². The van der Waals surface area contributed by atoms with Gasteiger partial charge in [-0.1, -0.05) is 0 Å². The van der Waals surface area contributed by atoms with Gasteiger partial charge in [-0.2, -0.15) is 0 Å². The summed E-state index contributed by atoms with van der Waals surface area (Å²) in [6, 6.07) is 3.43. The summed E-state index contributed by atoms with van der Waals surface area (Å²) in [4.78, 5) is 17.1. The van der Waals surface area contributed by atoms with Gasteiger partial charge >= 0.3 is 0 Å². The van der Waals surface area contributed by atoms with Gasteiger partial charge < -0.3 is 24.0 Å². The number of carbonyl (C=O) groups excluding carboxylic acids is 1. The summed E-state index contributed by atoms with van der Waals surface area (Å²) in [5.41, 5.74) is 0.591. The Hall–Kier alpha value is -1.21. The Bertz CT molecular complexity index is 524. The van der Waals surface area contributed by atoms with E-state index >= 15 is 0 Å². The molecule has 1 aliphatic heterocycles. The monoisotopic (exact) mass is 394 g/mol. The molecule has 0 amide bonds. The highest BCUT2D eigenvalue weighted by Gasteiger charge is 2.19. The Labute approximate surface area is 162 Å². The fourth-order valence-electron chi connectivity index (χ4n) is 2.72. The van der Waals surface area contributed by atoms with E-state index in [0.717, 1.165) is 32.7 Å². The highest BCUT2D eigenvalue weighted by Crippen LogP contribution is 2.38. The van der Waals surface area contributed by atoms with Crippen molar-refractivity contribution in [2.45, 2.75) is 6.42 Å². The number of methoxy groups -OCH3 is 3. The molecule has 0 spiro atoms. The summed E-state index contributed by atoms with van der Waals surface area (Å²) < 4.78 is 15.9. The Morgan fingerprint density at radius 1 is 0.960 bits per heavy atom. The number of rotatable bonds is 7. The Balaban J connectivity index is 0.00000288. The van der Waals surface area contributed by atoms with Crippen molar-refractivity contribution in [2.24, 2.45) is 0 Å². The lowest BCUT2D eigenvalue weighted by molar-refractivity contribution is 0.0941. The molecule has 1 heterocycles. The number of nitrogens with zero attached hydrogens (tertiary/aromatic N) is 2. The standard InChI is InChI=1S/C17H26N2O4.2ClH/c1-18-7-9-19(10-8-18)6-5-14(20)13-11-15(21-2)17(23-4)16(12-13)22-3;;/h11-12H,5-10H2,1-4H3;2*1H. The van der Waals surface area contributed by atoms with Crippen molar-refractivity contribution in [3.63, 3.8) is 0 Å². The molecule has 0 saturated carbocycles. The molecule has 0 bridgehead atoms. The van der Waals surface area contributed by atoms with E-state index in [0.29, 0.717) is 29.2 Å². The van der Waals surface area contributed by atoms with Gasteiger partial charge in [0.1, 0.15) is 0 Å². The number of carbonyl (C=O) groups is 1. The summed E-state index contributed by atoms with van der Waals surface area (Å²) in [5.74, 6) is 1.61. The van der Waals surface area contributed by atoms with Gasteiger partial charge in [0.2, 0.25) is 5.75 Å². The Kier molecular flexibility index (Phi) is 10.9. The van der Waals surface area contributed by atoms with Crippen molar-refractivity contribution in [3.05, 3.63) is 17.7 Å². The molecule has 0 radical (unpaired) electrons. The van der Waals surface area contributed by atoms with Crippen LogP contribution >= 0.6 is 24.8 Å². The second kappa shape index (κ2) is 11.4. The van der Waals surface area contributed by atoms with Gasteiger partial charge in [-0.25, -0.2) is 0 Å². The first-order chi connectivity index (χ1) is 11.1. The molecule has 1 fully saturated rings. The van der Waals surface area contributed by atoms with Crippen molar-refractivity contribution in [1.29, 1.82) is 0 Å². The molecular weight excluding hydrogens is 367 g/mol. The molecule has 0 N–H and O–H groups in total. The van der Waals surface area contributed by atoms with Crippen LogP contribution in [-0.2, 0) is 0 Å². The molecule has 144 valence electrons. The van der Waals surface area contributed by atoms with Crippen LogP contribution in [0.4, 0.5) is 0 Å². The molecule has 1 aromatic carbocycles. The minimum absolute atomic E-state index is 0. The molecule has 1 aliphatic rings. The second-order valence-electron chi connectivity index (χ2n) is 5.73. The molecule has 0 unspecified atom stereocenters. The number of halogens is 2. The minimum Gasteiger partial charge on any atom is -0.493 e. The maximum Gasteiger partial charge on any atom is 0.203 e. The molecule has 1 aromatic rings. The number of ether oxygens (including phenoxy) is 3. The van der Waals surface area contributed by atoms with Gasteiger partial charge in [-0.05, 0) is 19.2 Å². The van der Waals surface area contributed by atoms with Crippen molar-refractivity contribution in [2.75, 3.05) is 61.1 Å². The van der Waals surface area contributed by atoms with Crippen LogP contribution in [0, 0.1) is 0 Å². The molecule has 1 saturated heterocycles. The number of piperazine rings is 1. The summed E-state index contributed by atoms with van der Waals surface area (Å²) in [5, 5.41) is 0. The number of likely N-dealkylation sites (N-methyl/N-ethyl adjacent to an activating group) is 1. The molecule has 2 rings (SSSR count). The largest absolute Gasteiger partial charge is 0.493 e. The lowest BCUT2D eigenvalue weighted by atomic mass is 10.1. The lowest BCUT2D eigenvalue weighted by Gasteiger charge is -2.32. The fraction of sp³-hybridized carbons (Fsp3) is 0.588. The van der Waals surface area contributed by atoms with Crippen LogP contribution < -0.4 is 14.2 Å². The van der Waals surface area contributed by atoms with Crippen molar-refractivity contribution < 1.29 is 19.0 Å². The molecule has 25 heavy (non-hydrogen) atoms. The van der Waals surface area contributed by atoms with Crippen LogP contribution in [-0.4, -0.2) is 76.7 Å². The molecule has 8 heteroatoms. The van der Waals surface area contributed by atoms with Crippen LogP contribution in [0.1, 0.15) is 16.8 Å². The van der Waals surface area contributed by atoms with Crippen molar-refractivity contribution in [1.82, 2.24) is 9.80 Å². The minimum atomic E-state index is 0. The van der Waals surface area contributed by atoms with E-state index in [2.05, 4.69) is 16.8 Å². The van der Waals surface area contributed by atoms with E-state index in [1.54, 1.807) is 33.5 Å². The zero-order valence-corrected chi connectivity index (χ0v) is 16.9. The highest BCUT2D eigenvalue weighted by atomic mass is 35.5. The number of benzene rings is 1. The smallest absolute Gasteiger partial charge is 0.203 e. The van der Waals surface area contributed by atoms with Gasteiger partial charge in [0, 0.05) is 44.7 Å². The molecule has 0 atom stereocenters. The van der Waals surface area contributed by atoms with Gasteiger partial charge in [-0.3, -0.25) is 4.79 Å². The van der Waals surface area contributed by atoms with Gasteiger partial charge in [0.05, 0.1) is 21.3 Å². The van der Waals surface area contributed by atoms with Crippen molar-refractivity contribution >= 4 is 30.6 Å². The first kappa shape index (κ1) is 23.8. The number of hydrogen-bond acceptors (Lipinski definition) is 6. The normalized spacial score (nSPS) is 14.9. The van der Waals surface area contributed by atoms with Crippen LogP contribution in [0.25, 0.3) is 0 Å². The molecular formula is C17H28Cl2N2O4.